The summed E-state index contributed by atoms with van der Waals surface area (Å²) in [6, 6.07) is 11.4. The predicted molar refractivity (Wildman–Crippen MR) is 101 cm³/mol. The Balaban J connectivity index is 1.55. The van der Waals surface area contributed by atoms with E-state index in [4.69, 9.17) is 0 Å². The molecule has 0 amide bonds. The first kappa shape index (κ1) is 15.2. The molecule has 2 bridgehead atoms. The number of fused-ring (bicyclic) bond motifs is 9. The van der Waals surface area contributed by atoms with E-state index in [1.807, 2.05) is 18.3 Å². The van der Waals surface area contributed by atoms with Crippen LogP contribution in [-0.4, -0.2) is 10.2 Å². The Hall–Kier alpha value is -2.87. The lowest BCUT2D eigenvalue weighted by atomic mass is 9.67. The van der Waals surface area contributed by atoms with Gasteiger partial charge in [-0.15, -0.1) is 0 Å². The van der Waals surface area contributed by atoms with Gasteiger partial charge in [0.1, 0.15) is 11.9 Å². The second-order valence-corrected chi connectivity index (χ2v) is 8.27. The van der Waals surface area contributed by atoms with E-state index in [-0.39, 0.29) is 11.6 Å². The fourth-order valence-electron chi connectivity index (χ4n) is 6.14. The van der Waals surface area contributed by atoms with Crippen LogP contribution in [-0.2, 0) is 0 Å². The van der Waals surface area contributed by atoms with Gasteiger partial charge in [-0.25, -0.2) is 4.39 Å². The normalized spacial score (nSPS) is 30.6. The number of H-pyrrole nitrogens is 1. The Bertz CT molecular complexity index is 1110. The van der Waals surface area contributed by atoms with Crippen molar-refractivity contribution in [1.82, 2.24) is 10.2 Å². The molecular weight excluding hydrogens is 339 g/mol. The van der Waals surface area contributed by atoms with Crippen molar-refractivity contribution in [2.45, 2.75) is 31.2 Å². The van der Waals surface area contributed by atoms with Gasteiger partial charge in [0.2, 0.25) is 0 Å². The van der Waals surface area contributed by atoms with Gasteiger partial charge >= 0.3 is 0 Å². The summed E-state index contributed by atoms with van der Waals surface area (Å²) in [6.07, 6.45) is 5.72. The third-order valence-electron chi connectivity index (χ3n) is 7.14. The number of aromatic amines is 1. The minimum Gasteiger partial charge on any atom is -0.378 e. The Morgan fingerprint density at radius 3 is 2.93 bits per heavy atom. The summed E-state index contributed by atoms with van der Waals surface area (Å²) in [5.41, 5.74) is 4.82. The van der Waals surface area contributed by atoms with Gasteiger partial charge in [-0.3, -0.25) is 5.10 Å². The monoisotopic (exact) mass is 358 g/mol. The lowest BCUT2D eigenvalue weighted by Crippen LogP contribution is -2.35. The molecule has 5 unspecified atom stereocenters. The fourth-order valence-corrected chi connectivity index (χ4v) is 6.14. The zero-order valence-corrected chi connectivity index (χ0v) is 14.7. The van der Waals surface area contributed by atoms with Gasteiger partial charge in [0.05, 0.1) is 23.3 Å². The smallest absolute Gasteiger partial charge is 0.140 e. The molecule has 6 rings (SSSR count). The molecule has 0 spiro atoms. The van der Waals surface area contributed by atoms with Crippen LogP contribution in [0, 0.1) is 34.9 Å². The molecule has 2 aliphatic carbocycles. The molecule has 2 fully saturated rings. The van der Waals surface area contributed by atoms with Crippen LogP contribution in [0.2, 0.25) is 0 Å². The highest BCUT2D eigenvalue weighted by atomic mass is 19.1. The molecule has 0 radical (unpaired) electrons. The number of aromatic nitrogens is 2. The average Bonchev–Trinajstić information content (AvgIpc) is 3.43. The maximum absolute atomic E-state index is 13.9. The zero-order valence-electron chi connectivity index (χ0n) is 14.7. The third-order valence-corrected chi connectivity index (χ3v) is 7.14. The Morgan fingerprint density at radius 2 is 2.04 bits per heavy atom. The van der Waals surface area contributed by atoms with Crippen LogP contribution >= 0.6 is 0 Å². The SMILES string of the molecule is N#Cc1cc(C2Nc3ccc4cn[nH]c4c3C3C4CCC(C4)C23)ccc1F. The van der Waals surface area contributed by atoms with Crippen molar-refractivity contribution >= 4 is 16.6 Å². The van der Waals surface area contributed by atoms with Crippen molar-refractivity contribution in [3.63, 3.8) is 0 Å². The molecule has 3 aliphatic rings. The molecule has 4 nitrogen and oxygen atoms in total. The molecule has 3 aromatic rings. The molecule has 2 aromatic carbocycles. The van der Waals surface area contributed by atoms with Crippen LogP contribution in [0.4, 0.5) is 10.1 Å². The highest BCUT2D eigenvalue weighted by Crippen LogP contribution is 2.64. The lowest BCUT2D eigenvalue weighted by molar-refractivity contribution is 0.248. The maximum Gasteiger partial charge on any atom is 0.140 e. The van der Waals surface area contributed by atoms with Crippen LogP contribution in [0.5, 0.6) is 0 Å². The summed E-state index contributed by atoms with van der Waals surface area (Å²) in [6.45, 7) is 0. The van der Waals surface area contributed by atoms with E-state index in [1.165, 1.54) is 30.9 Å². The van der Waals surface area contributed by atoms with Gasteiger partial charge in [0, 0.05) is 16.6 Å². The van der Waals surface area contributed by atoms with E-state index in [0.29, 0.717) is 23.7 Å². The largest absolute Gasteiger partial charge is 0.378 e. The van der Waals surface area contributed by atoms with E-state index >= 15 is 0 Å². The standard InChI is InChI=1S/C22H19FN4/c23-16-5-3-13(8-15(16)9-24)21-19-12-2-1-11(7-12)18(19)20-17(26-21)6-4-14-10-25-27-22(14)20/h3-6,8,10-12,18-19,21,26H,1-2,7H2,(H,25,27). The summed E-state index contributed by atoms with van der Waals surface area (Å²) in [7, 11) is 0. The van der Waals surface area contributed by atoms with Gasteiger partial charge in [0.15, 0.2) is 0 Å². The first-order valence-corrected chi connectivity index (χ1v) is 9.66. The van der Waals surface area contributed by atoms with E-state index < -0.39 is 5.82 Å². The molecule has 1 aliphatic heterocycles. The molecule has 2 N–H and O–H groups in total. The van der Waals surface area contributed by atoms with Crippen LogP contribution in [0.1, 0.15) is 47.9 Å². The van der Waals surface area contributed by atoms with Crippen molar-refractivity contribution in [2.24, 2.45) is 17.8 Å². The maximum atomic E-state index is 13.9. The number of hydrogen-bond acceptors (Lipinski definition) is 3. The topological polar surface area (TPSA) is 64.5 Å². The summed E-state index contributed by atoms with van der Waals surface area (Å²) in [5.74, 6) is 1.90. The van der Waals surface area contributed by atoms with Gasteiger partial charge < -0.3 is 5.32 Å². The molecule has 2 saturated carbocycles. The molecule has 5 atom stereocenters. The number of halogens is 1. The van der Waals surface area contributed by atoms with Gasteiger partial charge in [-0.05, 0) is 72.8 Å². The number of rotatable bonds is 1. The van der Waals surface area contributed by atoms with Crippen molar-refractivity contribution in [2.75, 3.05) is 5.32 Å². The molecule has 134 valence electrons. The minimum absolute atomic E-state index is 0.117. The van der Waals surface area contributed by atoms with Gasteiger partial charge in [-0.1, -0.05) is 6.07 Å². The van der Waals surface area contributed by atoms with E-state index in [0.717, 1.165) is 22.2 Å². The van der Waals surface area contributed by atoms with Crippen LogP contribution in [0.25, 0.3) is 10.9 Å². The first-order chi connectivity index (χ1) is 13.2. The van der Waals surface area contributed by atoms with E-state index in [9.17, 15) is 9.65 Å². The van der Waals surface area contributed by atoms with Crippen molar-refractivity contribution < 1.29 is 4.39 Å². The van der Waals surface area contributed by atoms with Crippen molar-refractivity contribution in [3.05, 3.63) is 59.0 Å². The van der Waals surface area contributed by atoms with Crippen LogP contribution in [0.3, 0.4) is 0 Å². The van der Waals surface area contributed by atoms with E-state index in [2.05, 4.69) is 27.6 Å². The number of nitriles is 1. The highest BCUT2D eigenvalue weighted by molar-refractivity contribution is 5.88. The molecule has 5 heteroatoms. The molecule has 2 heterocycles. The fraction of sp³-hybridized carbons (Fsp3) is 0.364. The third kappa shape index (κ3) is 1.98. The minimum atomic E-state index is -0.443. The Kier molecular flexibility index (Phi) is 3.00. The number of nitrogens with zero attached hydrogens (tertiary/aromatic N) is 2. The first-order valence-electron chi connectivity index (χ1n) is 9.66. The predicted octanol–water partition coefficient (Wildman–Crippen LogP) is 4.87. The second kappa shape index (κ2) is 5.32. The Labute approximate surface area is 156 Å². The summed E-state index contributed by atoms with van der Waals surface area (Å²) < 4.78 is 13.9. The number of anilines is 1. The average molecular weight is 358 g/mol. The number of benzene rings is 2. The molecular formula is C22H19FN4. The summed E-state index contributed by atoms with van der Waals surface area (Å²) >= 11 is 0. The van der Waals surface area contributed by atoms with E-state index in [1.54, 1.807) is 6.07 Å². The van der Waals surface area contributed by atoms with Crippen LogP contribution < -0.4 is 5.32 Å². The summed E-state index contributed by atoms with van der Waals surface area (Å²) in [4.78, 5) is 0. The lowest BCUT2D eigenvalue weighted by Gasteiger charge is -2.43. The van der Waals surface area contributed by atoms with Gasteiger partial charge in [-0.2, -0.15) is 10.4 Å². The number of hydrogen-bond donors (Lipinski definition) is 2. The Morgan fingerprint density at radius 1 is 1.15 bits per heavy atom. The summed E-state index contributed by atoms with van der Waals surface area (Å²) in [5, 5.41) is 21.6. The second-order valence-electron chi connectivity index (χ2n) is 8.27. The van der Waals surface area contributed by atoms with Crippen molar-refractivity contribution in [3.8, 4) is 6.07 Å². The zero-order chi connectivity index (χ0) is 18.1. The molecule has 1 aromatic heterocycles. The highest BCUT2D eigenvalue weighted by Gasteiger charge is 2.54. The van der Waals surface area contributed by atoms with Gasteiger partial charge in [0.25, 0.3) is 0 Å². The van der Waals surface area contributed by atoms with Crippen molar-refractivity contribution in [1.29, 1.82) is 5.26 Å². The van der Waals surface area contributed by atoms with Crippen LogP contribution in [0.15, 0.2) is 36.5 Å². The number of nitrogens with one attached hydrogen (secondary N) is 2. The molecule has 0 saturated heterocycles. The quantitative estimate of drug-likeness (QED) is 0.652. The molecule has 27 heavy (non-hydrogen) atoms.